The maximum Gasteiger partial charge on any atom is 0.119 e. The van der Waals surface area contributed by atoms with E-state index in [2.05, 4.69) is 38.2 Å². The summed E-state index contributed by atoms with van der Waals surface area (Å²) in [7, 11) is 0. The second-order valence-electron chi connectivity index (χ2n) is 7.04. The summed E-state index contributed by atoms with van der Waals surface area (Å²) < 4.78 is 1.99. The highest BCUT2D eigenvalue weighted by atomic mass is 35.5. The molecule has 1 saturated heterocycles. The van der Waals surface area contributed by atoms with Crippen LogP contribution in [0.4, 0.5) is 5.69 Å². The van der Waals surface area contributed by atoms with Gasteiger partial charge >= 0.3 is 0 Å². The van der Waals surface area contributed by atoms with Crippen LogP contribution >= 0.6 is 23.2 Å². The number of piperazine rings is 1. The Morgan fingerprint density at radius 2 is 1.76 bits per heavy atom. The fourth-order valence-corrected chi connectivity index (χ4v) is 4.12. The smallest absolute Gasteiger partial charge is 0.119 e. The average molecular weight is 427 g/mol. The first kappa shape index (κ1) is 19.7. The Hall–Kier alpha value is -2.59. The van der Waals surface area contributed by atoms with Gasteiger partial charge in [-0.1, -0.05) is 35.3 Å². The zero-order chi connectivity index (χ0) is 20.2. The van der Waals surface area contributed by atoms with E-state index in [-0.39, 0.29) is 6.04 Å². The molecule has 0 aliphatic carbocycles. The lowest BCUT2D eigenvalue weighted by Crippen LogP contribution is -2.49. The molecule has 0 spiro atoms. The van der Waals surface area contributed by atoms with Gasteiger partial charge in [-0.3, -0.25) is 4.90 Å². The minimum Gasteiger partial charge on any atom is -0.361 e. The van der Waals surface area contributed by atoms with Crippen molar-refractivity contribution in [3.8, 4) is 6.07 Å². The largest absolute Gasteiger partial charge is 0.361 e. The van der Waals surface area contributed by atoms with Crippen LogP contribution in [0.2, 0.25) is 10.0 Å². The lowest BCUT2D eigenvalue weighted by atomic mass is 10.0. The Morgan fingerprint density at radius 3 is 2.45 bits per heavy atom. The monoisotopic (exact) mass is 426 g/mol. The SMILES string of the molecule is N#Cc1ccc(N2CCN(CCn3cnnc3)CC2c2ccc(Cl)cc2)c(Cl)c1. The standard InChI is InChI=1S/C21H20Cl2N6/c22-18-4-2-17(3-5-18)21-13-27(7-8-28-14-25-26-15-28)9-10-29(21)20-6-1-16(12-24)11-19(20)23/h1-6,11,14-15,21H,7-10,13H2. The molecule has 0 N–H and O–H groups in total. The zero-order valence-electron chi connectivity index (χ0n) is 15.7. The van der Waals surface area contributed by atoms with Gasteiger partial charge in [0.25, 0.3) is 0 Å². The summed E-state index contributed by atoms with van der Waals surface area (Å²) in [4.78, 5) is 4.76. The summed E-state index contributed by atoms with van der Waals surface area (Å²) in [6.07, 6.45) is 3.48. The first-order valence-corrected chi connectivity index (χ1v) is 10.2. The Morgan fingerprint density at radius 1 is 1.00 bits per heavy atom. The molecule has 1 atom stereocenters. The highest BCUT2D eigenvalue weighted by molar-refractivity contribution is 6.33. The Balaban J connectivity index is 1.58. The van der Waals surface area contributed by atoms with Gasteiger partial charge in [-0.25, -0.2) is 0 Å². The highest BCUT2D eigenvalue weighted by Gasteiger charge is 2.29. The number of rotatable bonds is 5. The molecular weight excluding hydrogens is 407 g/mol. The summed E-state index contributed by atoms with van der Waals surface area (Å²) in [5.41, 5.74) is 2.70. The molecule has 4 rings (SSSR count). The lowest BCUT2D eigenvalue weighted by molar-refractivity contribution is 0.215. The molecule has 1 aliphatic rings. The van der Waals surface area contributed by atoms with Crippen LogP contribution in [0.15, 0.2) is 55.1 Å². The van der Waals surface area contributed by atoms with Crippen molar-refractivity contribution in [3.05, 3.63) is 76.3 Å². The van der Waals surface area contributed by atoms with E-state index in [1.807, 2.05) is 28.8 Å². The second kappa shape index (κ2) is 8.83. The Labute approximate surface area is 179 Å². The van der Waals surface area contributed by atoms with Crippen molar-refractivity contribution in [1.29, 1.82) is 5.26 Å². The molecule has 148 valence electrons. The van der Waals surface area contributed by atoms with Crippen molar-refractivity contribution in [3.63, 3.8) is 0 Å². The van der Waals surface area contributed by atoms with Gasteiger partial charge in [-0.15, -0.1) is 10.2 Å². The minimum absolute atomic E-state index is 0.132. The minimum atomic E-state index is 0.132. The first-order valence-electron chi connectivity index (χ1n) is 9.40. The van der Waals surface area contributed by atoms with Gasteiger partial charge in [0.05, 0.1) is 28.4 Å². The molecule has 0 amide bonds. The molecule has 2 aromatic carbocycles. The number of nitrogens with zero attached hydrogens (tertiary/aromatic N) is 6. The van der Waals surface area contributed by atoms with E-state index in [0.717, 1.165) is 43.4 Å². The summed E-state index contributed by atoms with van der Waals surface area (Å²) in [6, 6.07) is 15.8. The molecular formula is C21H20Cl2N6. The zero-order valence-corrected chi connectivity index (χ0v) is 17.3. The van der Waals surface area contributed by atoms with Gasteiger partial charge < -0.3 is 9.47 Å². The van der Waals surface area contributed by atoms with Gasteiger partial charge in [-0.05, 0) is 35.9 Å². The Kier molecular flexibility index (Phi) is 6.00. The average Bonchev–Trinajstić information content (AvgIpc) is 3.26. The third-order valence-electron chi connectivity index (χ3n) is 5.25. The van der Waals surface area contributed by atoms with Crippen LogP contribution < -0.4 is 4.90 Å². The first-order chi connectivity index (χ1) is 14.1. The number of nitriles is 1. The molecule has 8 heteroatoms. The maximum absolute atomic E-state index is 9.14. The van der Waals surface area contributed by atoms with E-state index >= 15 is 0 Å². The third kappa shape index (κ3) is 4.54. The highest BCUT2D eigenvalue weighted by Crippen LogP contribution is 2.36. The molecule has 1 aliphatic heterocycles. The lowest BCUT2D eigenvalue weighted by Gasteiger charge is -2.43. The summed E-state index contributed by atoms with van der Waals surface area (Å²) in [5.74, 6) is 0. The fraction of sp³-hybridized carbons (Fsp3) is 0.286. The van der Waals surface area contributed by atoms with Gasteiger partial charge in [-0.2, -0.15) is 5.26 Å². The normalized spacial score (nSPS) is 17.3. The Bertz CT molecular complexity index is 997. The van der Waals surface area contributed by atoms with Crippen molar-refractivity contribution in [2.24, 2.45) is 0 Å². The summed E-state index contributed by atoms with van der Waals surface area (Å²) in [5, 5.41) is 18.2. The topological polar surface area (TPSA) is 61.0 Å². The van der Waals surface area contributed by atoms with Crippen molar-refractivity contribution in [2.75, 3.05) is 31.1 Å². The number of aromatic nitrogens is 3. The van der Waals surface area contributed by atoms with E-state index in [4.69, 9.17) is 28.5 Å². The van der Waals surface area contributed by atoms with Gasteiger partial charge in [0.2, 0.25) is 0 Å². The number of halogens is 2. The van der Waals surface area contributed by atoms with Crippen molar-refractivity contribution in [1.82, 2.24) is 19.7 Å². The number of anilines is 1. The molecule has 6 nitrogen and oxygen atoms in total. The molecule has 1 fully saturated rings. The van der Waals surface area contributed by atoms with E-state index in [1.54, 1.807) is 18.7 Å². The number of hydrogen-bond donors (Lipinski definition) is 0. The van der Waals surface area contributed by atoms with E-state index < -0.39 is 0 Å². The van der Waals surface area contributed by atoms with Crippen molar-refractivity contribution < 1.29 is 0 Å². The van der Waals surface area contributed by atoms with Crippen LogP contribution in [-0.4, -0.2) is 45.8 Å². The molecule has 0 bridgehead atoms. The van der Waals surface area contributed by atoms with Gasteiger partial charge in [0.1, 0.15) is 12.7 Å². The number of hydrogen-bond acceptors (Lipinski definition) is 5. The van der Waals surface area contributed by atoms with Crippen molar-refractivity contribution in [2.45, 2.75) is 12.6 Å². The molecule has 2 heterocycles. The molecule has 1 unspecified atom stereocenters. The molecule has 0 saturated carbocycles. The summed E-state index contributed by atoms with van der Waals surface area (Å²) >= 11 is 12.6. The fourth-order valence-electron chi connectivity index (χ4n) is 3.70. The third-order valence-corrected chi connectivity index (χ3v) is 5.80. The molecule has 29 heavy (non-hydrogen) atoms. The molecule has 1 aromatic heterocycles. The molecule has 0 radical (unpaired) electrons. The van der Waals surface area contributed by atoms with Crippen LogP contribution in [0.3, 0.4) is 0 Å². The maximum atomic E-state index is 9.14. The van der Waals surface area contributed by atoms with Crippen LogP contribution in [-0.2, 0) is 6.54 Å². The van der Waals surface area contributed by atoms with E-state index in [0.29, 0.717) is 10.6 Å². The van der Waals surface area contributed by atoms with E-state index in [1.165, 1.54) is 5.56 Å². The van der Waals surface area contributed by atoms with Crippen molar-refractivity contribution >= 4 is 28.9 Å². The second-order valence-corrected chi connectivity index (χ2v) is 7.88. The molecule has 3 aromatic rings. The summed E-state index contributed by atoms with van der Waals surface area (Å²) in [6.45, 7) is 4.37. The quantitative estimate of drug-likeness (QED) is 0.616. The van der Waals surface area contributed by atoms with Gasteiger partial charge in [0.15, 0.2) is 0 Å². The van der Waals surface area contributed by atoms with Gasteiger partial charge in [0, 0.05) is 37.7 Å². The van der Waals surface area contributed by atoms with Crippen LogP contribution in [0.25, 0.3) is 0 Å². The van der Waals surface area contributed by atoms with Crippen LogP contribution in [0, 0.1) is 11.3 Å². The number of benzene rings is 2. The van der Waals surface area contributed by atoms with Crippen LogP contribution in [0.1, 0.15) is 17.2 Å². The predicted molar refractivity (Wildman–Crippen MR) is 114 cm³/mol. The predicted octanol–water partition coefficient (Wildman–Crippen LogP) is 4.02. The van der Waals surface area contributed by atoms with Crippen LogP contribution in [0.5, 0.6) is 0 Å². The van der Waals surface area contributed by atoms with E-state index in [9.17, 15) is 0 Å².